The van der Waals surface area contributed by atoms with Crippen molar-refractivity contribution >= 4 is 11.9 Å². The van der Waals surface area contributed by atoms with Gasteiger partial charge in [0.1, 0.15) is 6.54 Å². The maximum atomic E-state index is 11.9. The summed E-state index contributed by atoms with van der Waals surface area (Å²) >= 11 is 0. The Labute approximate surface area is 146 Å². The third-order valence-corrected chi connectivity index (χ3v) is 3.73. The summed E-state index contributed by atoms with van der Waals surface area (Å²) in [6.07, 6.45) is 5.42. The molecule has 0 aliphatic rings. The normalized spacial score (nSPS) is 14.2. The van der Waals surface area contributed by atoms with E-state index in [4.69, 9.17) is 4.74 Å². The highest BCUT2D eigenvalue weighted by Gasteiger charge is 2.22. The van der Waals surface area contributed by atoms with Crippen LogP contribution in [0.5, 0.6) is 0 Å². The maximum Gasteiger partial charge on any atom is 0.306 e. The number of carbonyl (C=O) groups is 2. The molecule has 0 aliphatic carbocycles. The Hall–Kier alpha value is -1.14. The van der Waals surface area contributed by atoms with E-state index in [-0.39, 0.29) is 18.5 Å². The monoisotopic (exact) mass is 345 g/mol. The molecule has 6 nitrogen and oxygen atoms in total. The number of unbranched alkanes of at least 4 members (excludes halogenated alkanes) is 3. The van der Waals surface area contributed by atoms with Crippen LogP contribution in [0.3, 0.4) is 0 Å². The van der Waals surface area contributed by atoms with Gasteiger partial charge in [0.05, 0.1) is 27.2 Å². The summed E-state index contributed by atoms with van der Waals surface area (Å²) in [6.45, 7) is 2.50. The molecular formula is C18H35NO5. The molecule has 6 heteroatoms. The van der Waals surface area contributed by atoms with Crippen LogP contribution in [0.4, 0.5) is 0 Å². The first kappa shape index (κ1) is 22.9. The van der Waals surface area contributed by atoms with Crippen molar-refractivity contribution in [2.45, 2.75) is 76.9 Å². The first-order valence-corrected chi connectivity index (χ1v) is 9.02. The summed E-state index contributed by atoms with van der Waals surface area (Å²) in [7, 11) is 5.76. The van der Waals surface area contributed by atoms with E-state index in [0.717, 1.165) is 44.9 Å². The minimum absolute atomic E-state index is 0.208. The van der Waals surface area contributed by atoms with E-state index in [9.17, 15) is 19.8 Å². The third kappa shape index (κ3) is 14.5. The lowest BCUT2D eigenvalue weighted by Gasteiger charge is -2.29. The molecule has 0 aliphatic heterocycles. The number of aliphatic hydroxyl groups is 1. The van der Waals surface area contributed by atoms with Gasteiger partial charge in [-0.2, -0.15) is 0 Å². The number of hydrogen-bond donors (Lipinski definition) is 1. The highest BCUT2D eigenvalue weighted by atomic mass is 16.5. The number of esters is 1. The second kappa shape index (κ2) is 12.3. The minimum Gasteiger partial charge on any atom is -0.550 e. The fourth-order valence-corrected chi connectivity index (χ4v) is 2.67. The van der Waals surface area contributed by atoms with Crippen molar-refractivity contribution in [1.82, 2.24) is 0 Å². The molecule has 0 amide bonds. The molecule has 0 rings (SSSR count). The zero-order valence-corrected chi connectivity index (χ0v) is 15.8. The average molecular weight is 345 g/mol. The van der Waals surface area contributed by atoms with Gasteiger partial charge >= 0.3 is 5.97 Å². The number of aliphatic hydroxyl groups excluding tert-OH is 1. The Morgan fingerprint density at radius 2 is 1.71 bits per heavy atom. The van der Waals surface area contributed by atoms with E-state index in [2.05, 4.69) is 6.92 Å². The van der Waals surface area contributed by atoms with Crippen molar-refractivity contribution in [2.75, 3.05) is 27.7 Å². The minimum atomic E-state index is -1.20. The van der Waals surface area contributed by atoms with E-state index >= 15 is 0 Å². The van der Waals surface area contributed by atoms with Crippen molar-refractivity contribution < 1.29 is 29.0 Å². The summed E-state index contributed by atoms with van der Waals surface area (Å²) < 4.78 is 5.82. The molecule has 2 atom stereocenters. The summed E-state index contributed by atoms with van der Waals surface area (Å²) in [4.78, 5) is 22.6. The third-order valence-electron chi connectivity index (χ3n) is 3.73. The van der Waals surface area contributed by atoms with Crippen LogP contribution in [-0.2, 0) is 14.3 Å². The molecule has 0 saturated heterocycles. The Balaban J connectivity index is 3.93. The van der Waals surface area contributed by atoms with Gasteiger partial charge < -0.3 is 24.2 Å². The van der Waals surface area contributed by atoms with Crippen LogP contribution >= 0.6 is 0 Å². The van der Waals surface area contributed by atoms with Gasteiger partial charge in [0, 0.05) is 18.8 Å². The zero-order valence-electron chi connectivity index (χ0n) is 15.8. The van der Waals surface area contributed by atoms with Gasteiger partial charge in [0.25, 0.3) is 0 Å². The van der Waals surface area contributed by atoms with Crippen molar-refractivity contribution in [3.63, 3.8) is 0 Å². The number of likely N-dealkylation sites (N-methyl/N-ethyl adjacent to an activating group) is 1. The predicted molar refractivity (Wildman–Crippen MR) is 91.0 cm³/mol. The summed E-state index contributed by atoms with van der Waals surface area (Å²) in [5, 5.41) is 20.4. The van der Waals surface area contributed by atoms with Gasteiger partial charge in [-0.05, 0) is 19.3 Å². The SMILES string of the molecule is CCCC(O)CCCCCCC(=O)OC(CC(=O)[O-])C[N+](C)(C)C. The number of nitrogens with zero attached hydrogens (tertiary/aromatic N) is 1. The van der Waals surface area contributed by atoms with Crippen molar-refractivity contribution in [1.29, 1.82) is 0 Å². The summed E-state index contributed by atoms with van der Waals surface area (Å²) in [6, 6.07) is 0. The van der Waals surface area contributed by atoms with Crippen LogP contribution in [-0.4, -0.2) is 61.4 Å². The van der Waals surface area contributed by atoms with Crippen molar-refractivity contribution in [2.24, 2.45) is 0 Å². The van der Waals surface area contributed by atoms with Crippen molar-refractivity contribution in [3.8, 4) is 0 Å². The van der Waals surface area contributed by atoms with E-state index in [1.54, 1.807) is 0 Å². The molecule has 0 aromatic carbocycles. The number of carboxylic acids is 1. The van der Waals surface area contributed by atoms with Crippen molar-refractivity contribution in [3.05, 3.63) is 0 Å². The Morgan fingerprint density at radius 1 is 1.08 bits per heavy atom. The van der Waals surface area contributed by atoms with Gasteiger partial charge in [-0.1, -0.05) is 32.6 Å². The predicted octanol–water partition coefficient (Wildman–Crippen LogP) is 1.25. The number of ether oxygens (including phenoxy) is 1. The highest BCUT2D eigenvalue weighted by Crippen LogP contribution is 2.12. The quantitative estimate of drug-likeness (QED) is 0.291. The average Bonchev–Trinajstić information content (AvgIpc) is 2.40. The van der Waals surface area contributed by atoms with E-state index in [1.165, 1.54) is 0 Å². The van der Waals surface area contributed by atoms with E-state index in [0.29, 0.717) is 17.4 Å². The van der Waals surface area contributed by atoms with Crippen LogP contribution in [0.2, 0.25) is 0 Å². The number of carbonyl (C=O) groups excluding carboxylic acids is 2. The van der Waals surface area contributed by atoms with Gasteiger partial charge in [-0.25, -0.2) is 0 Å². The largest absolute Gasteiger partial charge is 0.550 e. The fraction of sp³-hybridized carbons (Fsp3) is 0.889. The number of carboxylic acid groups (broad SMARTS) is 1. The van der Waals surface area contributed by atoms with Gasteiger partial charge in [0.2, 0.25) is 0 Å². The lowest BCUT2D eigenvalue weighted by Crippen LogP contribution is -2.45. The maximum absolute atomic E-state index is 11.9. The number of quaternary nitrogens is 1. The lowest BCUT2D eigenvalue weighted by atomic mass is 10.1. The van der Waals surface area contributed by atoms with Crippen LogP contribution in [0.1, 0.15) is 64.7 Å². The first-order valence-electron chi connectivity index (χ1n) is 9.02. The van der Waals surface area contributed by atoms with E-state index < -0.39 is 12.1 Å². The molecule has 24 heavy (non-hydrogen) atoms. The van der Waals surface area contributed by atoms with Crippen LogP contribution < -0.4 is 5.11 Å². The van der Waals surface area contributed by atoms with Gasteiger partial charge in [-0.3, -0.25) is 4.79 Å². The molecule has 0 radical (unpaired) electrons. The standard InChI is InChI=1S/C18H35NO5/c1-5-10-15(20)11-8-6-7-9-12-18(23)24-16(13-17(21)22)14-19(2,3)4/h15-16,20H,5-14H2,1-4H3. The zero-order chi connectivity index (χ0) is 18.6. The van der Waals surface area contributed by atoms with Gasteiger partial charge in [-0.15, -0.1) is 0 Å². The first-order chi connectivity index (χ1) is 11.1. The molecule has 2 unspecified atom stereocenters. The summed E-state index contributed by atoms with van der Waals surface area (Å²) in [5.74, 6) is -1.55. The van der Waals surface area contributed by atoms with Crippen LogP contribution in [0.15, 0.2) is 0 Å². The number of hydrogen-bond acceptors (Lipinski definition) is 5. The molecular weight excluding hydrogens is 310 g/mol. The molecule has 1 N–H and O–H groups in total. The van der Waals surface area contributed by atoms with Gasteiger partial charge in [0.15, 0.2) is 6.10 Å². The second-order valence-corrected chi connectivity index (χ2v) is 7.56. The Morgan fingerprint density at radius 3 is 2.25 bits per heavy atom. The molecule has 0 spiro atoms. The fourth-order valence-electron chi connectivity index (χ4n) is 2.67. The topological polar surface area (TPSA) is 86.7 Å². The molecule has 0 saturated carbocycles. The van der Waals surface area contributed by atoms with Crippen LogP contribution in [0, 0.1) is 0 Å². The molecule has 0 bridgehead atoms. The molecule has 0 aromatic heterocycles. The number of rotatable bonds is 14. The molecule has 0 heterocycles. The molecule has 0 aromatic rings. The highest BCUT2D eigenvalue weighted by molar-refractivity contribution is 5.70. The Bertz CT molecular complexity index is 365. The Kier molecular flexibility index (Phi) is 11.7. The molecule has 142 valence electrons. The number of aliphatic carboxylic acids is 1. The smallest absolute Gasteiger partial charge is 0.306 e. The lowest BCUT2D eigenvalue weighted by molar-refractivity contribution is -0.873. The van der Waals surface area contributed by atoms with E-state index in [1.807, 2.05) is 21.1 Å². The second-order valence-electron chi connectivity index (χ2n) is 7.56. The summed E-state index contributed by atoms with van der Waals surface area (Å²) in [5.41, 5.74) is 0. The van der Waals surface area contributed by atoms with Crippen LogP contribution in [0.25, 0.3) is 0 Å². The molecule has 0 fully saturated rings.